The number of hydrogen-bond acceptors (Lipinski definition) is 5. The number of hydroxylamine groups is 1. The summed E-state index contributed by atoms with van der Waals surface area (Å²) in [5, 5.41) is 10.8. The Labute approximate surface area is 115 Å². The topological polar surface area (TPSA) is 106 Å². The first kappa shape index (κ1) is 15.6. The van der Waals surface area contributed by atoms with Gasteiger partial charge in [0.2, 0.25) is 0 Å². The van der Waals surface area contributed by atoms with Crippen molar-refractivity contribution in [2.75, 3.05) is 20.8 Å². The molecular formula is C12H16N2O6. The van der Waals surface area contributed by atoms with Crippen molar-refractivity contribution in [1.82, 2.24) is 10.8 Å². The summed E-state index contributed by atoms with van der Waals surface area (Å²) in [6.07, 6.45) is 0. The standard InChI is InChI=1S/C12H16N2O6/c1-18-9-4-3-8(5-10(9)19-2)6-13-12(17)14-20-7-11(15)16/h3-5H,6-7H2,1-2H3,(H,15,16)(H2,13,14,17). The van der Waals surface area contributed by atoms with Crippen LogP contribution in [-0.2, 0) is 16.2 Å². The van der Waals surface area contributed by atoms with Crippen molar-refractivity contribution in [3.63, 3.8) is 0 Å². The first-order chi connectivity index (χ1) is 9.56. The van der Waals surface area contributed by atoms with Gasteiger partial charge in [0.15, 0.2) is 18.1 Å². The lowest BCUT2D eigenvalue weighted by atomic mass is 10.2. The molecular weight excluding hydrogens is 268 g/mol. The normalized spacial score (nSPS) is 9.70. The van der Waals surface area contributed by atoms with Crippen LogP contribution in [0.1, 0.15) is 5.56 Å². The number of carbonyl (C=O) groups is 2. The van der Waals surface area contributed by atoms with Gasteiger partial charge >= 0.3 is 12.0 Å². The Morgan fingerprint density at radius 2 is 1.90 bits per heavy atom. The Kier molecular flexibility index (Phi) is 6.11. The molecule has 0 unspecified atom stereocenters. The molecule has 0 fully saturated rings. The Hall–Kier alpha value is -2.48. The van der Waals surface area contributed by atoms with Crippen LogP contribution in [0, 0.1) is 0 Å². The van der Waals surface area contributed by atoms with E-state index in [-0.39, 0.29) is 6.54 Å². The second kappa shape index (κ2) is 7.85. The highest BCUT2D eigenvalue weighted by molar-refractivity contribution is 5.73. The molecule has 0 bridgehead atoms. The fraction of sp³-hybridized carbons (Fsp3) is 0.333. The van der Waals surface area contributed by atoms with Crippen LogP contribution in [0.5, 0.6) is 11.5 Å². The van der Waals surface area contributed by atoms with Crippen LogP contribution in [0.2, 0.25) is 0 Å². The second-order valence-electron chi connectivity index (χ2n) is 3.66. The minimum absolute atomic E-state index is 0.225. The van der Waals surface area contributed by atoms with Gasteiger partial charge in [-0.15, -0.1) is 0 Å². The molecule has 1 rings (SSSR count). The number of ether oxygens (including phenoxy) is 2. The van der Waals surface area contributed by atoms with Gasteiger partial charge in [-0.1, -0.05) is 6.07 Å². The summed E-state index contributed by atoms with van der Waals surface area (Å²) >= 11 is 0. The highest BCUT2D eigenvalue weighted by Gasteiger charge is 2.06. The molecule has 0 radical (unpaired) electrons. The lowest BCUT2D eigenvalue weighted by Gasteiger charge is -2.10. The molecule has 0 saturated heterocycles. The molecule has 0 aliphatic rings. The number of carboxylic acids is 1. The predicted octanol–water partition coefficient (Wildman–Crippen LogP) is 0.519. The van der Waals surface area contributed by atoms with Gasteiger partial charge in [-0.2, -0.15) is 0 Å². The largest absolute Gasteiger partial charge is 0.493 e. The zero-order valence-corrected chi connectivity index (χ0v) is 11.1. The number of rotatable bonds is 7. The smallest absolute Gasteiger partial charge is 0.338 e. The van der Waals surface area contributed by atoms with E-state index in [1.54, 1.807) is 18.2 Å². The number of methoxy groups -OCH3 is 2. The van der Waals surface area contributed by atoms with Crippen LogP contribution in [0.25, 0.3) is 0 Å². The number of benzene rings is 1. The molecule has 0 aliphatic carbocycles. The van der Waals surface area contributed by atoms with Crippen LogP contribution in [0.15, 0.2) is 18.2 Å². The van der Waals surface area contributed by atoms with E-state index >= 15 is 0 Å². The third kappa shape index (κ3) is 5.02. The van der Waals surface area contributed by atoms with Crippen molar-refractivity contribution in [3.05, 3.63) is 23.8 Å². The summed E-state index contributed by atoms with van der Waals surface area (Å²) in [7, 11) is 3.05. The van der Waals surface area contributed by atoms with E-state index in [2.05, 4.69) is 10.2 Å². The van der Waals surface area contributed by atoms with Crippen molar-refractivity contribution < 1.29 is 29.0 Å². The van der Waals surface area contributed by atoms with Crippen LogP contribution in [-0.4, -0.2) is 37.9 Å². The van der Waals surface area contributed by atoms with Gasteiger partial charge in [-0.3, -0.25) is 4.84 Å². The average molecular weight is 284 g/mol. The molecule has 0 saturated carbocycles. The number of carboxylic acid groups (broad SMARTS) is 1. The maximum Gasteiger partial charge on any atom is 0.338 e. The highest BCUT2D eigenvalue weighted by Crippen LogP contribution is 2.27. The van der Waals surface area contributed by atoms with E-state index in [1.165, 1.54) is 14.2 Å². The number of nitrogens with one attached hydrogen (secondary N) is 2. The summed E-state index contributed by atoms with van der Waals surface area (Å²) in [6, 6.07) is 4.56. The molecule has 0 heterocycles. The number of aliphatic carboxylic acids is 1. The SMILES string of the molecule is COc1ccc(CNC(=O)NOCC(=O)O)cc1OC. The zero-order chi connectivity index (χ0) is 15.0. The van der Waals surface area contributed by atoms with Gasteiger partial charge in [0.1, 0.15) is 0 Å². The molecule has 20 heavy (non-hydrogen) atoms. The first-order valence-corrected chi connectivity index (χ1v) is 5.65. The molecule has 0 aliphatic heterocycles. The lowest BCUT2D eigenvalue weighted by Crippen LogP contribution is -2.36. The Balaban J connectivity index is 2.45. The number of hydrogen-bond donors (Lipinski definition) is 3. The fourth-order valence-electron chi connectivity index (χ4n) is 1.37. The molecule has 110 valence electrons. The fourth-order valence-corrected chi connectivity index (χ4v) is 1.37. The van der Waals surface area contributed by atoms with Gasteiger partial charge in [-0.05, 0) is 17.7 Å². The highest BCUT2D eigenvalue weighted by atomic mass is 16.7. The second-order valence-corrected chi connectivity index (χ2v) is 3.66. The molecule has 1 aromatic rings. The monoisotopic (exact) mass is 284 g/mol. The van der Waals surface area contributed by atoms with Crippen LogP contribution in [0.4, 0.5) is 4.79 Å². The zero-order valence-electron chi connectivity index (χ0n) is 11.1. The van der Waals surface area contributed by atoms with Gasteiger partial charge in [0.05, 0.1) is 14.2 Å². The Bertz CT molecular complexity index is 477. The first-order valence-electron chi connectivity index (χ1n) is 5.65. The van der Waals surface area contributed by atoms with Gasteiger partial charge in [0, 0.05) is 6.54 Å². The molecule has 0 atom stereocenters. The van der Waals surface area contributed by atoms with Crippen molar-refractivity contribution in [2.24, 2.45) is 0 Å². The van der Waals surface area contributed by atoms with E-state index in [0.29, 0.717) is 11.5 Å². The van der Waals surface area contributed by atoms with Crippen LogP contribution >= 0.6 is 0 Å². The van der Waals surface area contributed by atoms with E-state index in [0.717, 1.165) is 5.56 Å². The number of carbonyl (C=O) groups excluding carboxylic acids is 1. The quantitative estimate of drug-likeness (QED) is 0.630. The molecule has 0 spiro atoms. The van der Waals surface area contributed by atoms with Gasteiger partial charge in [-0.25, -0.2) is 15.1 Å². The average Bonchev–Trinajstić information content (AvgIpc) is 2.44. The summed E-state index contributed by atoms with van der Waals surface area (Å²) in [4.78, 5) is 25.9. The molecule has 0 aromatic heterocycles. The summed E-state index contributed by atoms with van der Waals surface area (Å²) in [5.74, 6) is -0.0370. The Morgan fingerprint density at radius 3 is 2.50 bits per heavy atom. The van der Waals surface area contributed by atoms with E-state index in [1.807, 2.05) is 5.48 Å². The number of amides is 2. The summed E-state index contributed by atoms with van der Waals surface area (Å²) in [5.41, 5.74) is 2.74. The van der Waals surface area contributed by atoms with Gasteiger partial charge < -0.3 is 19.9 Å². The van der Waals surface area contributed by atoms with E-state index in [9.17, 15) is 9.59 Å². The maximum absolute atomic E-state index is 11.3. The summed E-state index contributed by atoms with van der Waals surface area (Å²) in [6.45, 7) is -0.383. The van der Waals surface area contributed by atoms with E-state index < -0.39 is 18.6 Å². The third-order valence-electron chi connectivity index (χ3n) is 2.26. The number of urea groups is 1. The van der Waals surface area contributed by atoms with E-state index in [4.69, 9.17) is 14.6 Å². The Morgan fingerprint density at radius 1 is 1.20 bits per heavy atom. The third-order valence-corrected chi connectivity index (χ3v) is 2.26. The molecule has 3 N–H and O–H groups in total. The van der Waals surface area contributed by atoms with Crippen molar-refractivity contribution in [2.45, 2.75) is 6.54 Å². The molecule has 1 aromatic carbocycles. The predicted molar refractivity (Wildman–Crippen MR) is 68.5 cm³/mol. The maximum atomic E-state index is 11.3. The lowest BCUT2D eigenvalue weighted by molar-refractivity contribution is -0.144. The molecule has 8 heteroatoms. The van der Waals surface area contributed by atoms with Crippen LogP contribution < -0.4 is 20.3 Å². The van der Waals surface area contributed by atoms with Crippen LogP contribution in [0.3, 0.4) is 0 Å². The molecule has 8 nitrogen and oxygen atoms in total. The minimum atomic E-state index is -1.18. The van der Waals surface area contributed by atoms with Crippen molar-refractivity contribution in [1.29, 1.82) is 0 Å². The van der Waals surface area contributed by atoms with Gasteiger partial charge in [0.25, 0.3) is 0 Å². The summed E-state index contributed by atoms with van der Waals surface area (Å²) < 4.78 is 10.2. The minimum Gasteiger partial charge on any atom is -0.493 e. The van der Waals surface area contributed by atoms with Crippen molar-refractivity contribution >= 4 is 12.0 Å². The van der Waals surface area contributed by atoms with Crippen molar-refractivity contribution in [3.8, 4) is 11.5 Å². The molecule has 2 amide bonds.